The van der Waals surface area contributed by atoms with E-state index in [9.17, 15) is 19.2 Å². The van der Waals surface area contributed by atoms with Gasteiger partial charge in [0.1, 0.15) is 23.0 Å². The van der Waals surface area contributed by atoms with E-state index in [1.54, 1.807) is 47.5 Å². The van der Waals surface area contributed by atoms with E-state index in [2.05, 4.69) is 23.2 Å². The Hall–Kier alpha value is -5.82. The van der Waals surface area contributed by atoms with Crippen LogP contribution in [0.15, 0.2) is 97.1 Å². The van der Waals surface area contributed by atoms with Crippen molar-refractivity contribution in [2.75, 3.05) is 24.8 Å². The van der Waals surface area contributed by atoms with E-state index < -0.39 is 17.9 Å². The first kappa shape index (κ1) is 39.4. The molecule has 54 heavy (non-hydrogen) atoms. The molecule has 1 aliphatic carbocycles. The van der Waals surface area contributed by atoms with E-state index in [0.29, 0.717) is 74.1 Å². The Morgan fingerprint density at radius 3 is 2.19 bits per heavy atom. The van der Waals surface area contributed by atoms with Crippen molar-refractivity contribution in [3.05, 3.63) is 97.6 Å². The molecular formula is C41H43N3O9S. The fraction of sp³-hybridized carbons (Fsp3) is 0.317. The lowest BCUT2D eigenvalue weighted by Crippen LogP contribution is -2.30. The van der Waals surface area contributed by atoms with E-state index in [4.69, 9.17) is 23.7 Å². The molecule has 0 spiro atoms. The summed E-state index contributed by atoms with van der Waals surface area (Å²) in [5.74, 6) is -0.293. The predicted molar refractivity (Wildman–Crippen MR) is 206 cm³/mol. The molecule has 12 nitrogen and oxygen atoms in total. The van der Waals surface area contributed by atoms with Crippen molar-refractivity contribution in [1.82, 2.24) is 4.98 Å². The van der Waals surface area contributed by atoms with Crippen LogP contribution in [0.3, 0.4) is 0 Å². The van der Waals surface area contributed by atoms with Gasteiger partial charge in [-0.3, -0.25) is 14.4 Å². The minimum Gasteiger partial charge on any atom is -0.494 e. The minimum absolute atomic E-state index is 0.252. The summed E-state index contributed by atoms with van der Waals surface area (Å²) in [6.45, 7) is 8.84. The number of anilines is 1. The zero-order valence-corrected chi connectivity index (χ0v) is 30.7. The molecule has 0 unspecified atom stereocenters. The molecule has 13 heteroatoms. The van der Waals surface area contributed by atoms with Gasteiger partial charge >= 0.3 is 17.9 Å². The van der Waals surface area contributed by atoms with Crippen molar-refractivity contribution in [3.8, 4) is 23.0 Å². The van der Waals surface area contributed by atoms with Crippen molar-refractivity contribution in [2.45, 2.75) is 51.4 Å². The molecule has 4 aromatic rings. The Balaban J connectivity index is 1.09. The van der Waals surface area contributed by atoms with Gasteiger partial charge in [0.05, 0.1) is 48.0 Å². The minimum atomic E-state index is -0.417. The summed E-state index contributed by atoms with van der Waals surface area (Å²) >= 11 is 1.48. The van der Waals surface area contributed by atoms with Crippen LogP contribution in [0.5, 0.6) is 23.0 Å². The molecule has 0 amide bonds. The highest BCUT2D eigenvalue weighted by atomic mass is 32.1. The van der Waals surface area contributed by atoms with Crippen LogP contribution in [0.2, 0.25) is 0 Å². The van der Waals surface area contributed by atoms with Crippen LogP contribution in [-0.4, -0.2) is 55.3 Å². The quantitative estimate of drug-likeness (QED) is 0.0127. The molecular weight excluding hydrogens is 711 g/mol. The smallest absolute Gasteiger partial charge is 0.330 e. The molecule has 1 aromatic heterocycles. The molecule has 0 radical (unpaired) electrons. The molecule has 1 heterocycles. The Labute approximate surface area is 318 Å². The maximum Gasteiger partial charge on any atom is 0.330 e. The van der Waals surface area contributed by atoms with Gasteiger partial charge in [-0.25, -0.2) is 14.8 Å². The first-order chi connectivity index (χ1) is 26.4. The van der Waals surface area contributed by atoms with Gasteiger partial charge < -0.3 is 23.7 Å². The summed E-state index contributed by atoms with van der Waals surface area (Å²) in [5.41, 5.74) is 1.27. The number of carbonyl (C=O) groups is 4. The topological polar surface area (TPSA) is 143 Å². The largest absolute Gasteiger partial charge is 0.494 e. The van der Waals surface area contributed by atoms with Crippen LogP contribution in [-0.2, 0) is 23.9 Å². The number of para-hydroxylation sites is 1. The summed E-state index contributed by atoms with van der Waals surface area (Å²) in [6, 6.07) is 19.4. The third kappa shape index (κ3) is 11.6. The SMILES string of the molecule is C=CCN(/N=C/c1cc(OC=O)ccc1OC(=O)C1CCC(C(=O)Oc2ccc(OCCCCCCOC(=O)C=C)cc2)CC1)c1nc2ccccc2s1. The standard InChI is InChI=1S/C41H43N3O9S/c1-3-23-44(41-43-35-11-7-8-12-37(35)54-41)42-27-31-26-34(51-28-45)21-22-36(31)53-40(48)30-15-13-29(14-16-30)39(47)52-33-19-17-32(18-20-33)49-24-9-5-6-10-25-50-38(46)4-2/h3-4,7-8,11-12,17-22,26-30H,1-2,5-6,9-10,13-16,23-25H2/b42-27+. The Bertz CT molecular complexity index is 1900. The molecule has 0 atom stereocenters. The van der Waals surface area contributed by atoms with Gasteiger partial charge in [-0.1, -0.05) is 36.1 Å². The number of hydrogen-bond acceptors (Lipinski definition) is 13. The maximum atomic E-state index is 13.3. The third-order valence-corrected chi connectivity index (χ3v) is 9.72. The second-order valence-corrected chi connectivity index (χ2v) is 13.5. The first-order valence-corrected chi connectivity index (χ1v) is 18.7. The lowest BCUT2D eigenvalue weighted by Gasteiger charge is -2.26. The molecule has 0 saturated heterocycles. The Kier molecular flexibility index (Phi) is 14.9. The number of hydrogen-bond donors (Lipinski definition) is 0. The van der Waals surface area contributed by atoms with Gasteiger partial charge in [0, 0.05) is 11.6 Å². The first-order valence-electron chi connectivity index (χ1n) is 17.8. The summed E-state index contributed by atoms with van der Waals surface area (Å²) in [4.78, 5) is 53.1. The number of unbranched alkanes of at least 4 members (excludes halogenated alkanes) is 3. The molecule has 3 aromatic carbocycles. The Morgan fingerprint density at radius 2 is 1.50 bits per heavy atom. The van der Waals surface area contributed by atoms with Crippen LogP contribution >= 0.6 is 11.3 Å². The number of ether oxygens (including phenoxy) is 5. The van der Waals surface area contributed by atoms with Gasteiger partial charge in [-0.15, -0.1) is 6.58 Å². The fourth-order valence-electron chi connectivity index (χ4n) is 5.79. The van der Waals surface area contributed by atoms with Gasteiger partial charge in [0.2, 0.25) is 5.13 Å². The van der Waals surface area contributed by atoms with Gasteiger partial charge in [0.25, 0.3) is 6.47 Å². The van der Waals surface area contributed by atoms with Crippen LogP contribution in [0.25, 0.3) is 10.2 Å². The van der Waals surface area contributed by atoms with Crippen LogP contribution in [0.4, 0.5) is 5.13 Å². The summed E-state index contributed by atoms with van der Waals surface area (Å²) in [7, 11) is 0. The summed E-state index contributed by atoms with van der Waals surface area (Å²) in [5, 5.41) is 6.95. The predicted octanol–water partition coefficient (Wildman–Crippen LogP) is 7.84. The number of aromatic nitrogens is 1. The molecule has 0 N–H and O–H groups in total. The molecule has 1 saturated carbocycles. The fourth-order valence-corrected chi connectivity index (χ4v) is 6.72. The zero-order chi connectivity index (χ0) is 38.1. The number of esters is 3. The van der Waals surface area contributed by atoms with Crippen LogP contribution in [0.1, 0.15) is 56.9 Å². The van der Waals surface area contributed by atoms with E-state index in [1.165, 1.54) is 23.6 Å². The Morgan fingerprint density at radius 1 is 0.833 bits per heavy atom. The second-order valence-electron chi connectivity index (χ2n) is 12.5. The highest BCUT2D eigenvalue weighted by molar-refractivity contribution is 7.22. The van der Waals surface area contributed by atoms with Crippen molar-refractivity contribution >= 4 is 57.3 Å². The van der Waals surface area contributed by atoms with Crippen molar-refractivity contribution in [3.63, 3.8) is 0 Å². The lowest BCUT2D eigenvalue weighted by atomic mass is 9.82. The van der Waals surface area contributed by atoms with Crippen LogP contribution in [0, 0.1) is 11.8 Å². The number of carbonyl (C=O) groups excluding carboxylic acids is 4. The lowest BCUT2D eigenvalue weighted by molar-refractivity contribution is -0.145. The van der Waals surface area contributed by atoms with Crippen molar-refractivity contribution < 1.29 is 42.9 Å². The van der Waals surface area contributed by atoms with Crippen LogP contribution < -0.4 is 24.0 Å². The van der Waals surface area contributed by atoms with Gasteiger partial charge in [0.15, 0.2) is 0 Å². The molecule has 0 aliphatic heterocycles. The van der Waals surface area contributed by atoms with Gasteiger partial charge in [-0.05, 0) is 106 Å². The molecule has 5 rings (SSSR count). The number of thiazole rings is 1. The average Bonchev–Trinajstić information content (AvgIpc) is 3.63. The maximum absolute atomic E-state index is 13.3. The van der Waals surface area contributed by atoms with E-state index in [0.717, 1.165) is 42.0 Å². The van der Waals surface area contributed by atoms with E-state index >= 15 is 0 Å². The van der Waals surface area contributed by atoms with E-state index in [1.807, 2.05) is 24.3 Å². The number of fused-ring (bicyclic) bond motifs is 1. The van der Waals surface area contributed by atoms with Crippen molar-refractivity contribution in [2.24, 2.45) is 16.9 Å². The average molecular weight is 754 g/mol. The van der Waals surface area contributed by atoms with Gasteiger partial charge in [-0.2, -0.15) is 5.10 Å². The highest BCUT2D eigenvalue weighted by Crippen LogP contribution is 2.33. The third-order valence-electron chi connectivity index (χ3n) is 8.67. The molecule has 1 aliphatic rings. The molecule has 0 bridgehead atoms. The monoisotopic (exact) mass is 753 g/mol. The zero-order valence-electron chi connectivity index (χ0n) is 29.9. The number of benzene rings is 3. The normalized spacial score (nSPS) is 15.3. The number of rotatable bonds is 20. The summed E-state index contributed by atoms with van der Waals surface area (Å²) < 4.78 is 28.3. The van der Waals surface area contributed by atoms with Crippen molar-refractivity contribution in [1.29, 1.82) is 0 Å². The summed E-state index contributed by atoms with van der Waals surface area (Å²) in [6.07, 6.45) is 9.81. The number of nitrogens with zero attached hydrogens (tertiary/aromatic N) is 3. The highest BCUT2D eigenvalue weighted by Gasteiger charge is 2.32. The van der Waals surface area contributed by atoms with E-state index in [-0.39, 0.29) is 23.4 Å². The number of hydrazone groups is 1. The molecule has 282 valence electrons. The second kappa shape index (κ2) is 20.4. The molecule has 1 fully saturated rings.